The minimum Gasteiger partial charge on any atom is -0.504 e. The Morgan fingerprint density at radius 3 is 2.19 bits per heavy atom. The number of aromatic amines is 1. The molecule has 0 saturated carbocycles. The number of rotatable bonds is 6. The predicted octanol–water partition coefficient (Wildman–Crippen LogP) is 5.71. The second-order valence-electron chi connectivity index (χ2n) is 7.04. The number of hydrogen-bond acceptors (Lipinski definition) is 6. The number of aromatic nitrogens is 2. The number of nitrogens with one attached hydrogen (secondary N) is 2. The van der Waals surface area contributed by atoms with E-state index in [4.69, 9.17) is 10.5 Å². The molecule has 1 aromatic heterocycles. The lowest BCUT2D eigenvalue weighted by molar-refractivity contribution is -0.274. The highest BCUT2D eigenvalue weighted by Gasteiger charge is 2.31. The number of benzene rings is 3. The van der Waals surface area contributed by atoms with Gasteiger partial charge in [-0.1, -0.05) is 12.1 Å². The van der Waals surface area contributed by atoms with Crippen LogP contribution in [0.5, 0.6) is 23.0 Å². The molecule has 1 atom stereocenters. The zero-order valence-electron chi connectivity index (χ0n) is 16.8. The molecule has 0 saturated heterocycles. The SMILES string of the molecule is CC(Nc1ccc2[nH]c(N)nc2c1O)c1ccc(Oc2ccc(OC(F)(F)F)cc2)cc1. The van der Waals surface area contributed by atoms with Gasteiger partial charge >= 0.3 is 6.36 Å². The van der Waals surface area contributed by atoms with Crippen LogP contribution >= 0.6 is 0 Å². The van der Waals surface area contributed by atoms with Gasteiger partial charge in [-0.15, -0.1) is 13.2 Å². The third-order valence-corrected chi connectivity index (χ3v) is 4.69. The third kappa shape index (κ3) is 4.80. The summed E-state index contributed by atoms with van der Waals surface area (Å²) >= 11 is 0. The quantitative estimate of drug-likeness (QED) is 0.284. The van der Waals surface area contributed by atoms with Crippen molar-refractivity contribution in [3.8, 4) is 23.0 Å². The summed E-state index contributed by atoms with van der Waals surface area (Å²) in [4.78, 5) is 6.94. The maximum Gasteiger partial charge on any atom is 0.573 e. The molecular formula is C22H19F3N4O3. The summed E-state index contributed by atoms with van der Waals surface area (Å²) < 4.78 is 46.2. The van der Waals surface area contributed by atoms with Gasteiger partial charge in [-0.25, -0.2) is 4.98 Å². The molecule has 4 aromatic rings. The van der Waals surface area contributed by atoms with Crippen molar-refractivity contribution >= 4 is 22.7 Å². The molecule has 166 valence electrons. The van der Waals surface area contributed by atoms with Gasteiger partial charge in [0.25, 0.3) is 0 Å². The minimum atomic E-state index is -4.74. The summed E-state index contributed by atoms with van der Waals surface area (Å²) in [7, 11) is 0. The van der Waals surface area contributed by atoms with Gasteiger partial charge in [0.1, 0.15) is 22.8 Å². The van der Waals surface area contributed by atoms with E-state index in [9.17, 15) is 18.3 Å². The fraction of sp³-hybridized carbons (Fsp3) is 0.136. The Kier molecular flexibility index (Phi) is 5.43. The number of hydrogen-bond donors (Lipinski definition) is 4. The van der Waals surface area contributed by atoms with Crippen molar-refractivity contribution in [2.24, 2.45) is 0 Å². The fourth-order valence-electron chi connectivity index (χ4n) is 3.18. The lowest BCUT2D eigenvalue weighted by Crippen LogP contribution is -2.16. The Bertz CT molecular complexity index is 1220. The molecule has 1 unspecified atom stereocenters. The summed E-state index contributed by atoms with van der Waals surface area (Å²) in [5.74, 6) is 0.787. The number of H-pyrrole nitrogens is 1. The van der Waals surface area contributed by atoms with E-state index >= 15 is 0 Å². The monoisotopic (exact) mass is 444 g/mol. The number of nitrogens with zero attached hydrogens (tertiary/aromatic N) is 1. The number of ether oxygens (including phenoxy) is 2. The number of phenols is 1. The van der Waals surface area contributed by atoms with Gasteiger partial charge in [-0.2, -0.15) is 0 Å². The lowest BCUT2D eigenvalue weighted by atomic mass is 10.1. The van der Waals surface area contributed by atoms with Gasteiger partial charge in [-0.3, -0.25) is 0 Å². The van der Waals surface area contributed by atoms with Crippen molar-refractivity contribution in [1.82, 2.24) is 9.97 Å². The van der Waals surface area contributed by atoms with Gasteiger partial charge < -0.3 is 30.6 Å². The molecule has 0 aliphatic carbocycles. The van der Waals surface area contributed by atoms with Crippen LogP contribution in [0.15, 0.2) is 60.7 Å². The van der Waals surface area contributed by atoms with Gasteiger partial charge in [0.05, 0.1) is 11.2 Å². The van der Waals surface area contributed by atoms with Crippen LogP contribution < -0.4 is 20.5 Å². The van der Waals surface area contributed by atoms with Crippen molar-refractivity contribution in [3.05, 3.63) is 66.2 Å². The number of halogens is 3. The third-order valence-electron chi connectivity index (χ3n) is 4.69. The molecule has 7 nitrogen and oxygen atoms in total. The van der Waals surface area contributed by atoms with Crippen LogP contribution in [0.3, 0.4) is 0 Å². The summed E-state index contributed by atoms with van der Waals surface area (Å²) in [6.45, 7) is 1.93. The molecule has 32 heavy (non-hydrogen) atoms. The number of fused-ring (bicyclic) bond motifs is 1. The summed E-state index contributed by atoms with van der Waals surface area (Å²) in [5.41, 5.74) is 8.10. The van der Waals surface area contributed by atoms with Gasteiger partial charge in [0.15, 0.2) is 11.7 Å². The lowest BCUT2D eigenvalue weighted by Gasteiger charge is -2.17. The number of nitrogen functional groups attached to an aromatic ring is 1. The van der Waals surface area contributed by atoms with E-state index in [1.54, 1.807) is 24.3 Å². The van der Waals surface area contributed by atoms with Crippen molar-refractivity contribution < 1.29 is 27.8 Å². The fourth-order valence-corrected chi connectivity index (χ4v) is 3.18. The van der Waals surface area contributed by atoms with Crippen LogP contribution in [0.25, 0.3) is 11.0 Å². The molecule has 0 amide bonds. The molecule has 5 N–H and O–H groups in total. The normalized spacial score (nSPS) is 12.5. The number of phenolic OH excluding ortho intramolecular Hbond substituents is 1. The largest absolute Gasteiger partial charge is 0.573 e. The predicted molar refractivity (Wildman–Crippen MR) is 114 cm³/mol. The Labute approximate surface area is 180 Å². The zero-order chi connectivity index (χ0) is 22.9. The highest BCUT2D eigenvalue weighted by molar-refractivity contribution is 5.89. The van der Waals surface area contributed by atoms with E-state index in [2.05, 4.69) is 20.0 Å². The van der Waals surface area contributed by atoms with Crippen LogP contribution in [0, 0.1) is 0 Å². The average Bonchev–Trinajstić information content (AvgIpc) is 3.12. The van der Waals surface area contributed by atoms with Crippen LogP contribution in [0.1, 0.15) is 18.5 Å². The molecule has 0 radical (unpaired) electrons. The van der Waals surface area contributed by atoms with Crippen LogP contribution in [0.4, 0.5) is 24.8 Å². The highest BCUT2D eigenvalue weighted by Crippen LogP contribution is 2.34. The summed E-state index contributed by atoms with van der Waals surface area (Å²) in [5, 5.41) is 13.7. The van der Waals surface area contributed by atoms with Crippen molar-refractivity contribution in [1.29, 1.82) is 0 Å². The van der Waals surface area contributed by atoms with E-state index in [0.717, 1.165) is 5.56 Å². The first kappa shape index (κ1) is 21.2. The van der Waals surface area contributed by atoms with Crippen molar-refractivity contribution in [3.63, 3.8) is 0 Å². The Balaban J connectivity index is 1.41. The smallest absolute Gasteiger partial charge is 0.504 e. The first-order valence-electron chi connectivity index (χ1n) is 9.55. The van der Waals surface area contributed by atoms with E-state index in [0.29, 0.717) is 28.2 Å². The number of nitrogens with two attached hydrogens (primary N) is 1. The van der Waals surface area contributed by atoms with Gasteiger partial charge in [0.2, 0.25) is 0 Å². The van der Waals surface area contributed by atoms with Crippen LogP contribution in [0.2, 0.25) is 0 Å². The van der Waals surface area contributed by atoms with E-state index < -0.39 is 6.36 Å². The van der Waals surface area contributed by atoms with Crippen LogP contribution in [-0.4, -0.2) is 21.4 Å². The molecule has 1 heterocycles. The number of aromatic hydroxyl groups is 1. The Morgan fingerprint density at radius 2 is 1.56 bits per heavy atom. The van der Waals surface area contributed by atoms with Gasteiger partial charge in [0, 0.05) is 6.04 Å². The first-order valence-corrected chi connectivity index (χ1v) is 9.55. The molecule has 0 aliphatic heterocycles. The van der Waals surface area contributed by atoms with Gasteiger partial charge in [-0.05, 0) is 61.0 Å². The maximum atomic E-state index is 12.2. The second kappa shape index (κ2) is 8.22. The topological polar surface area (TPSA) is 105 Å². The number of imidazole rings is 1. The first-order chi connectivity index (χ1) is 15.2. The average molecular weight is 444 g/mol. The summed E-state index contributed by atoms with van der Waals surface area (Å²) in [6.07, 6.45) is -4.74. The van der Waals surface area contributed by atoms with E-state index in [1.807, 2.05) is 19.1 Å². The molecule has 0 spiro atoms. The highest BCUT2D eigenvalue weighted by atomic mass is 19.4. The zero-order valence-corrected chi connectivity index (χ0v) is 16.8. The number of anilines is 2. The maximum absolute atomic E-state index is 12.2. The summed E-state index contributed by atoms with van der Waals surface area (Å²) in [6, 6.07) is 15.7. The standard InChI is InChI=1S/C22H19F3N4O3/c1-12(27-18-11-10-17-19(20(18)30)29-21(26)28-17)13-2-4-14(5-3-13)31-15-6-8-16(9-7-15)32-22(23,24)25/h2-12,27,30H,1H3,(H3,26,28,29). The van der Waals surface area contributed by atoms with E-state index in [1.165, 1.54) is 24.3 Å². The molecule has 3 aromatic carbocycles. The minimum absolute atomic E-state index is 0.000188. The molecule has 10 heteroatoms. The van der Waals surface area contributed by atoms with Crippen molar-refractivity contribution in [2.75, 3.05) is 11.1 Å². The molecule has 0 bridgehead atoms. The molecular weight excluding hydrogens is 425 g/mol. The second-order valence-corrected chi connectivity index (χ2v) is 7.04. The molecule has 0 fully saturated rings. The van der Waals surface area contributed by atoms with E-state index in [-0.39, 0.29) is 23.5 Å². The van der Waals surface area contributed by atoms with Crippen LogP contribution in [-0.2, 0) is 0 Å². The molecule has 0 aliphatic rings. The molecule has 4 rings (SSSR count). The number of alkyl halides is 3. The Morgan fingerprint density at radius 1 is 0.969 bits per heavy atom. The van der Waals surface area contributed by atoms with Crippen molar-refractivity contribution in [2.45, 2.75) is 19.3 Å². The Hall–Kier alpha value is -4.08.